The van der Waals surface area contributed by atoms with Crippen molar-refractivity contribution >= 4 is 11.5 Å². The van der Waals surface area contributed by atoms with E-state index in [-0.39, 0.29) is 5.84 Å². The number of anilines is 1. The van der Waals surface area contributed by atoms with Crippen LogP contribution in [0.25, 0.3) is 0 Å². The third kappa shape index (κ3) is 3.22. The molecule has 1 fully saturated rings. The Labute approximate surface area is 103 Å². The minimum absolute atomic E-state index is 0.281. The SMILES string of the molecule is N=C(N)CCN(c1ccccc1)C1CCCC1. The number of hydrogen-bond donors (Lipinski definition) is 2. The van der Waals surface area contributed by atoms with Gasteiger partial charge in [-0.15, -0.1) is 0 Å². The first-order valence-electron chi connectivity index (χ1n) is 6.42. The van der Waals surface area contributed by atoms with Crippen LogP contribution in [0.3, 0.4) is 0 Å². The number of para-hydroxylation sites is 1. The van der Waals surface area contributed by atoms with E-state index in [0.29, 0.717) is 12.5 Å². The summed E-state index contributed by atoms with van der Waals surface area (Å²) in [6.07, 6.45) is 5.85. The summed E-state index contributed by atoms with van der Waals surface area (Å²) >= 11 is 0. The van der Waals surface area contributed by atoms with Crippen molar-refractivity contribution in [1.82, 2.24) is 0 Å². The molecule has 0 aliphatic heterocycles. The second-order valence-electron chi connectivity index (χ2n) is 4.74. The Morgan fingerprint density at radius 1 is 1.24 bits per heavy atom. The van der Waals surface area contributed by atoms with Gasteiger partial charge in [-0.3, -0.25) is 5.41 Å². The first kappa shape index (κ1) is 12.0. The molecular weight excluding hydrogens is 210 g/mol. The fourth-order valence-electron chi connectivity index (χ4n) is 2.60. The molecule has 2 rings (SSSR count). The zero-order valence-electron chi connectivity index (χ0n) is 10.2. The molecule has 0 radical (unpaired) electrons. The van der Waals surface area contributed by atoms with Gasteiger partial charge in [-0.2, -0.15) is 0 Å². The van der Waals surface area contributed by atoms with Crippen LogP contribution in [0.15, 0.2) is 30.3 Å². The van der Waals surface area contributed by atoms with Crippen LogP contribution in [-0.2, 0) is 0 Å². The van der Waals surface area contributed by atoms with Crippen LogP contribution < -0.4 is 10.6 Å². The highest BCUT2D eigenvalue weighted by atomic mass is 15.2. The van der Waals surface area contributed by atoms with Crippen molar-refractivity contribution in [1.29, 1.82) is 5.41 Å². The molecule has 17 heavy (non-hydrogen) atoms. The van der Waals surface area contributed by atoms with Crippen LogP contribution in [0.4, 0.5) is 5.69 Å². The molecule has 1 aliphatic carbocycles. The molecule has 1 aliphatic rings. The van der Waals surface area contributed by atoms with Crippen LogP contribution in [-0.4, -0.2) is 18.4 Å². The van der Waals surface area contributed by atoms with Crippen molar-refractivity contribution in [3.05, 3.63) is 30.3 Å². The Bertz CT molecular complexity index is 355. The summed E-state index contributed by atoms with van der Waals surface area (Å²) in [6.45, 7) is 0.865. The summed E-state index contributed by atoms with van der Waals surface area (Å²) in [5.41, 5.74) is 6.74. The Kier molecular flexibility index (Phi) is 4.02. The fourth-order valence-corrected chi connectivity index (χ4v) is 2.60. The van der Waals surface area contributed by atoms with E-state index < -0.39 is 0 Å². The van der Waals surface area contributed by atoms with Crippen molar-refractivity contribution < 1.29 is 0 Å². The normalized spacial score (nSPS) is 16.0. The maximum absolute atomic E-state index is 7.37. The van der Waals surface area contributed by atoms with Gasteiger partial charge in [0.15, 0.2) is 0 Å². The highest BCUT2D eigenvalue weighted by molar-refractivity contribution is 5.77. The zero-order chi connectivity index (χ0) is 12.1. The maximum atomic E-state index is 7.37. The Balaban J connectivity index is 2.08. The molecule has 0 amide bonds. The number of amidine groups is 1. The number of nitrogens with zero attached hydrogens (tertiary/aromatic N) is 1. The van der Waals surface area contributed by atoms with Crippen LogP contribution in [0, 0.1) is 5.41 Å². The highest BCUT2D eigenvalue weighted by Gasteiger charge is 2.22. The summed E-state index contributed by atoms with van der Waals surface area (Å²) in [5.74, 6) is 0.281. The molecule has 0 bridgehead atoms. The van der Waals surface area contributed by atoms with Crippen molar-refractivity contribution in [2.75, 3.05) is 11.4 Å². The summed E-state index contributed by atoms with van der Waals surface area (Å²) in [4.78, 5) is 2.42. The lowest BCUT2D eigenvalue weighted by atomic mass is 10.1. The largest absolute Gasteiger partial charge is 0.388 e. The number of nitrogens with two attached hydrogens (primary N) is 1. The smallest absolute Gasteiger partial charge is 0.0923 e. The molecule has 0 atom stereocenters. The minimum atomic E-state index is 0.281. The van der Waals surface area contributed by atoms with Gasteiger partial charge < -0.3 is 10.6 Å². The first-order valence-corrected chi connectivity index (χ1v) is 6.42. The van der Waals surface area contributed by atoms with E-state index in [9.17, 15) is 0 Å². The third-order valence-electron chi connectivity index (χ3n) is 3.48. The van der Waals surface area contributed by atoms with E-state index >= 15 is 0 Å². The number of rotatable bonds is 5. The topological polar surface area (TPSA) is 53.1 Å². The molecule has 1 aromatic rings. The molecule has 1 aromatic carbocycles. The van der Waals surface area contributed by atoms with E-state index in [1.165, 1.54) is 31.4 Å². The number of nitrogens with one attached hydrogen (secondary N) is 1. The van der Waals surface area contributed by atoms with Crippen molar-refractivity contribution in [2.45, 2.75) is 38.1 Å². The van der Waals surface area contributed by atoms with Gasteiger partial charge in [0.2, 0.25) is 0 Å². The quantitative estimate of drug-likeness (QED) is 0.604. The predicted octanol–water partition coefficient (Wildman–Crippen LogP) is 2.76. The van der Waals surface area contributed by atoms with E-state index in [1.54, 1.807) is 0 Å². The first-order chi connectivity index (χ1) is 8.27. The van der Waals surface area contributed by atoms with Gasteiger partial charge in [0.1, 0.15) is 0 Å². The summed E-state index contributed by atoms with van der Waals surface area (Å²) in [5, 5.41) is 7.37. The van der Waals surface area contributed by atoms with Gasteiger partial charge >= 0.3 is 0 Å². The molecule has 92 valence electrons. The molecule has 0 aromatic heterocycles. The molecule has 0 saturated heterocycles. The number of benzene rings is 1. The lowest BCUT2D eigenvalue weighted by Gasteiger charge is -2.31. The van der Waals surface area contributed by atoms with E-state index in [4.69, 9.17) is 11.1 Å². The van der Waals surface area contributed by atoms with Gasteiger partial charge in [-0.25, -0.2) is 0 Å². The second kappa shape index (κ2) is 5.71. The van der Waals surface area contributed by atoms with Crippen molar-refractivity contribution in [3.63, 3.8) is 0 Å². The monoisotopic (exact) mass is 231 g/mol. The van der Waals surface area contributed by atoms with E-state index in [0.717, 1.165) is 6.54 Å². The molecule has 0 spiro atoms. The van der Waals surface area contributed by atoms with Crippen LogP contribution in [0.1, 0.15) is 32.1 Å². The molecule has 3 heteroatoms. The molecule has 0 unspecified atom stereocenters. The standard InChI is InChI=1S/C14H21N3/c15-14(16)10-11-17(13-8-4-5-9-13)12-6-2-1-3-7-12/h1-3,6-7,13H,4-5,8-11H2,(H3,15,16). The predicted molar refractivity (Wildman–Crippen MR) is 72.6 cm³/mol. The van der Waals surface area contributed by atoms with E-state index in [1.807, 2.05) is 6.07 Å². The van der Waals surface area contributed by atoms with Gasteiger partial charge in [-0.1, -0.05) is 31.0 Å². The van der Waals surface area contributed by atoms with E-state index in [2.05, 4.69) is 29.2 Å². The zero-order valence-corrected chi connectivity index (χ0v) is 10.2. The molecule has 3 nitrogen and oxygen atoms in total. The number of hydrogen-bond acceptors (Lipinski definition) is 2. The summed E-state index contributed by atoms with van der Waals surface area (Å²) in [7, 11) is 0. The van der Waals surface area contributed by atoms with Gasteiger partial charge in [0.05, 0.1) is 5.84 Å². The van der Waals surface area contributed by atoms with Gasteiger partial charge in [0.25, 0.3) is 0 Å². The van der Waals surface area contributed by atoms with Crippen LogP contribution in [0.5, 0.6) is 0 Å². The molecule has 1 saturated carbocycles. The molecular formula is C14H21N3. The highest BCUT2D eigenvalue weighted by Crippen LogP contribution is 2.28. The van der Waals surface area contributed by atoms with Gasteiger partial charge in [0, 0.05) is 24.7 Å². The Morgan fingerprint density at radius 3 is 2.47 bits per heavy atom. The summed E-state index contributed by atoms with van der Waals surface area (Å²) in [6, 6.07) is 11.1. The lowest BCUT2D eigenvalue weighted by Crippen LogP contribution is -2.35. The maximum Gasteiger partial charge on any atom is 0.0923 e. The van der Waals surface area contributed by atoms with Gasteiger partial charge in [-0.05, 0) is 25.0 Å². The average molecular weight is 231 g/mol. The Hall–Kier alpha value is -1.51. The molecule has 0 heterocycles. The molecule has 3 N–H and O–H groups in total. The van der Waals surface area contributed by atoms with Crippen LogP contribution in [0.2, 0.25) is 0 Å². The van der Waals surface area contributed by atoms with Crippen molar-refractivity contribution in [3.8, 4) is 0 Å². The van der Waals surface area contributed by atoms with Crippen molar-refractivity contribution in [2.24, 2.45) is 5.73 Å². The van der Waals surface area contributed by atoms with Crippen LogP contribution >= 0.6 is 0 Å². The minimum Gasteiger partial charge on any atom is -0.388 e. The fraction of sp³-hybridized carbons (Fsp3) is 0.500. The average Bonchev–Trinajstić information content (AvgIpc) is 2.84. The lowest BCUT2D eigenvalue weighted by molar-refractivity contribution is 0.611. The summed E-state index contributed by atoms with van der Waals surface area (Å²) < 4.78 is 0. The Morgan fingerprint density at radius 2 is 1.88 bits per heavy atom. The third-order valence-corrected chi connectivity index (χ3v) is 3.48. The second-order valence-corrected chi connectivity index (χ2v) is 4.74.